The Balaban J connectivity index is 4.33. The smallest absolute Gasteiger partial charge is 0.0143 e. The van der Waals surface area contributed by atoms with Gasteiger partial charge in [0.25, 0.3) is 0 Å². The second-order valence-electron chi connectivity index (χ2n) is 4.28. The molecule has 0 heterocycles. The summed E-state index contributed by atoms with van der Waals surface area (Å²) in [6, 6.07) is 0. The van der Waals surface area contributed by atoms with Crippen molar-refractivity contribution < 1.29 is 0 Å². The van der Waals surface area contributed by atoms with E-state index in [-0.39, 0.29) is 0 Å². The average Bonchev–Trinajstić information content (AvgIpc) is 1.97. The highest BCUT2D eigenvalue weighted by Crippen LogP contribution is 2.24. The second-order valence-corrected chi connectivity index (χ2v) is 4.28. The molecule has 0 bridgehead atoms. The molecule has 0 spiro atoms. The number of rotatable bonds is 3. The maximum absolute atomic E-state index is 2.33. The number of hydrogen-bond donors (Lipinski definition) is 0. The van der Waals surface area contributed by atoms with Crippen molar-refractivity contribution in [1.29, 1.82) is 0 Å². The Bertz CT molecular complexity index is 147. The molecule has 0 radical (unpaired) electrons. The normalized spacial score (nSPS) is 13.3. The molecule has 0 aliphatic carbocycles. The van der Waals surface area contributed by atoms with Gasteiger partial charge in [-0.25, -0.2) is 0 Å². The van der Waals surface area contributed by atoms with E-state index in [1.165, 1.54) is 5.57 Å². The first kappa shape index (κ1) is 11.5. The molecule has 1 nitrogen and oxygen atoms in total. The van der Waals surface area contributed by atoms with Crippen LogP contribution in [0.4, 0.5) is 0 Å². The first-order valence-corrected chi connectivity index (χ1v) is 4.84. The summed E-state index contributed by atoms with van der Waals surface area (Å²) in [5, 5.41) is 0. The fourth-order valence-corrected chi connectivity index (χ4v) is 0.874. The van der Waals surface area contributed by atoms with Crippen molar-refractivity contribution >= 4 is 0 Å². The predicted molar refractivity (Wildman–Crippen MR) is 56.1 cm³/mol. The van der Waals surface area contributed by atoms with Crippen LogP contribution in [0.1, 0.15) is 41.5 Å². The van der Waals surface area contributed by atoms with Gasteiger partial charge >= 0.3 is 0 Å². The summed E-state index contributed by atoms with van der Waals surface area (Å²) in [7, 11) is 0. The highest BCUT2D eigenvalue weighted by atomic mass is 15.1. The number of hydrogen-bond acceptors (Lipinski definition) is 1. The van der Waals surface area contributed by atoms with Crippen LogP contribution in [0, 0.1) is 5.41 Å². The lowest BCUT2D eigenvalue weighted by Gasteiger charge is -2.24. The van der Waals surface area contributed by atoms with Crippen molar-refractivity contribution in [2.45, 2.75) is 41.5 Å². The quantitative estimate of drug-likeness (QED) is 0.626. The fourth-order valence-electron chi connectivity index (χ4n) is 0.874. The van der Waals surface area contributed by atoms with Crippen molar-refractivity contribution in [2.75, 3.05) is 13.1 Å². The van der Waals surface area contributed by atoms with Crippen LogP contribution < -0.4 is 0 Å². The lowest BCUT2D eigenvalue weighted by molar-refractivity contribution is 0.397. The van der Waals surface area contributed by atoms with Gasteiger partial charge < -0.3 is 4.90 Å². The maximum atomic E-state index is 2.33. The summed E-state index contributed by atoms with van der Waals surface area (Å²) in [6.45, 7) is 15.5. The van der Waals surface area contributed by atoms with Crippen molar-refractivity contribution in [3.05, 3.63) is 11.8 Å². The van der Waals surface area contributed by atoms with E-state index in [9.17, 15) is 0 Å². The van der Waals surface area contributed by atoms with Gasteiger partial charge in [-0.1, -0.05) is 26.3 Å². The van der Waals surface area contributed by atoms with E-state index in [0.29, 0.717) is 5.41 Å². The molecule has 0 atom stereocenters. The lowest BCUT2D eigenvalue weighted by Crippen LogP contribution is -2.19. The molecule has 0 aliphatic rings. The van der Waals surface area contributed by atoms with Crippen LogP contribution in [0.5, 0.6) is 0 Å². The third-order valence-corrected chi connectivity index (χ3v) is 2.37. The van der Waals surface area contributed by atoms with Crippen LogP contribution in [0.3, 0.4) is 0 Å². The Kier molecular flexibility index (Phi) is 4.36. The Morgan fingerprint density at radius 2 is 1.58 bits per heavy atom. The van der Waals surface area contributed by atoms with Crippen LogP contribution in [0.2, 0.25) is 0 Å². The van der Waals surface area contributed by atoms with Crippen LogP contribution >= 0.6 is 0 Å². The molecule has 0 N–H and O–H groups in total. The molecule has 0 amide bonds. The van der Waals surface area contributed by atoms with Gasteiger partial charge in [0.05, 0.1) is 0 Å². The lowest BCUT2D eigenvalue weighted by atomic mass is 9.88. The zero-order valence-electron chi connectivity index (χ0n) is 9.44. The van der Waals surface area contributed by atoms with E-state index in [1.807, 2.05) is 0 Å². The maximum Gasteiger partial charge on any atom is 0.0143 e. The summed E-state index contributed by atoms with van der Waals surface area (Å²) in [5.74, 6) is 0. The molecule has 0 unspecified atom stereocenters. The first-order valence-electron chi connectivity index (χ1n) is 4.84. The predicted octanol–water partition coefficient (Wildman–Crippen LogP) is 3.28. The van der Waals surface area contributed by atoms with Gasteiger partial charge in [-0.3, -0.25) is 0 Å². The van der Waals surface area contributed by atoms with Gasteiger partial charge in [0.2, 0.25) is 0 Å². The molecule has 0 saturated carbocycles. The summed E-state index contributed by atoms with van der Waals surface area (Å²) in [6.07, 6.45) is 2.28. The number of nitrogens with zero attached hydrogens (tertiary/aromatic N) is 1. The van der Waals surface area contributed by atoms with Gasteiger partial charge in [-0.05, 0) is 32.4 Å². The van der Waals surface area contributed by atoms with Crippen molar-refractivity contribution in [3.8, 4) is 0 Å². The molecular weight excluding hydrogens is 146 g/mol. The Hall–Kier alpha value is -0.460. The zero-order valence-corrected chi connectivity index (χ0v) is 9.44. The molecule has 0 aromatic rings. The topological polar surface area (TPSA) is 3.24 Å². The Morgan fingerprint density at radius 3 is 1.83 bits per heavy atom. The third-order valence-electron chi connectivity index (χ3n) is 2.37. The van der Waals surface area contributed by atoms with Gasteiger partial charge in [0, 0.05) is 13.1 Å². The molecule has 0 rings (SSSR count). The van der Waals surface area contributed by atoms with E-state index in [0.717, 1.165) is 13.1 Å². The minimum Gasteiger partial charge on any atom is -0.378 e. The van der Waals surface area contributed by atoms with Gasteiger partial charge in [-0.15, -0.1) is 0 Å². The standard InChI is InChI=1S/C11H23N/c1-7-12(8-2)9-10(3)11(4,5)6/h9H,7-8H2,1-6H3/b10-9+. The SMILES string of the molecule is CCN(/C=C(\C)C(C)(C)C)CC. The molecular formula is C11H23N. The minimum atomic E-state index is 0.308. The third kappa shape index (κ3) is 3.80. The van der Waals surface area contributed by atoms with E-state index < -0.39 is 0 Å². The molecule has 0 saturated heterocycles. The first-order chi connectivity index (χ1) is 5.41. The van der Waals surface area contributed by atoms with Crippen LogP contribution in [-0.4, -0.2) is 18.0 Å². The Labute approximate surface area is 77.5 Å². The molecule has 0 aliphatic heterocycles. The van der Waals surface area contributed by atoms with Crippen LogP contribution in [0.25, 0.3) is 0 Å². The van der Waals surface area contributed by atoms with Crippen LogP contribution in [0.15, 0.2) is 11.8 Å². The van der Waals surface area contributed by atoms with Crippen molar-refractivity contribution in [2.24, 2.45) is 5.41 Å². The molecule has 1 heteroatoms. The summed E-state index contributed by atoms with van der Waals surface area (Å²) < 4.78 is 0. The van der Waals surface area contributed by atoms with Gasteiger partial charge in [0.15, 0.2) is 0 Å². The summed E-state index contributed by atoms with van der Waals surface area (Å²) >= 11 is 0. The molecule has 0 aromatic carbocycles. The highest BCUT2D eigenvalue weighted by Gasteiger charge is 2.12. The largest absolute Gasteiger partial charge is 0.378 e. The fraction of sp³-hybridized carbons (Fsp3) is 0.818. The highest BCUT2D eigenvalue weighted by molar-refractivity contribution is 5.06. The van der Waals surface area contributed by atoms with Crippen LogP contribution in [-0.2, 0) is 0 Å². The van der Waals surface area contributed by atoms with E-state index >= 15 is 0 Å². The number of allylic oxidation sites excluding steroid dienone is 1. The zero-order chi connectivity index (χ0) is 9.78. The molecule has 12 heavy (non-hydrogen) atoms. The van der Waals surface area contributed by atoms with Crippen molar-refractivity contribution in [1.82, 2.24) is 4.90 Å². The Morgan fingerprint density at radius 1 is 1.17 bits per heavy atom. The van der Waals surface area contributed by atoms with Gasteiger partial charge in [-0.2, -0.15) is 0 Å². The average molecular weight is 169 g/mol. The second kappa shape index (κ2) is 4.54. The van der Waals surface area contributed by atoms with Gasteiger partial charge in [0.1, 0.15) is 0 Å². The molecule has 0 fully saturated rings. The van der Waals surface area contributed by atoms with E-state index in [4.69, 9.17) is 0 Å². The summed E-state index contributed by atoms with van der Waals surface area (Å²) in [4.78, 5) is 2.33. The van der Waals surface area contributed by atoms with E-state index in [2.05, 4.69) is 52.6 Å². The minimum absolute atomic E-state index is 0.308. The molecule has 72 valence electrons. The van der Waals surface area contributed by atoms with Crippen molar-refractivity contribution in [3.63, 3.8) is 0 Å². The van der Waals surface area contributed by atoms with E-state index in [1.54, 1.807) is 0 Å². The molecule has 0 aromatic heterocycles. The monoisotopic (exact) mass is 169 g/mol. The summed E-state index contributed by atoms with van der Waals surface area (Å²) in [5.41, 5.74) is 1.76.